The number of amides is 2. The Balaban J connectivity index is 1.69. The van der Waals surface area contributed by atoms with Crippen LogP contribution in [-0.4, -0.2) is 71.0 Å². The number of hydrogen-bond donors (Lipinski definition) is 2. The topological polar surface area (TPSA) is 64.7 Å². The van der Waals surface area contributed by atoms with E-state index in [9.17, 15) is 9.59 Å². The highest BCUT2D eigenvalue weighted by atomic mass is 16.2. The fourth-order valence-electron chi connectivity index (χ4n) is 6.63. The summed E-state index contributed by atoms with van der Waals surface area (Å²) >= 11 is 0. The van der Waals surface area contributed by atoms with Crippen LogP contribution in [0, 0.1) is 11.8 Å². The minimum absolute atomic E-state index is 0.160. The lowest BCUT2D eigenvalue weighted by Crippen LogP contribution is -2.58. The summed E-state index contributed by atoms with van der Waals surface area (Å²) < 4.78 is 0. The van der Waals surface area contributed by atoms with Gasteiger partial charge in [-0.05, 0) is 120 Å². The highest BCUT2D eigenvalue weighted by molar-refractivity contribution is 5.96. The first-order valence-electron chi connectivity index (χ1n) is 13.2. The van der Waals surface area contributed by atoms with Crippen LogP contribution in [0.5, 0.6) is 0 Å². The van der Waals surface area contributed by atoms with Crippen molar-refractivity contribution in [2.75, 3.05) is 27.2 Å². The van der Waals surface area contributed by atoms with Crippen molar-refractivity contribution in [2.45, 2.75) is 116 Å². The molecule has 2 fully saturated rings. The molecule has 2 N–H and O–H groups in total. The molecule has 6 heteroatoms. The number of hydrogen-bond acceptors (Lipinski definition) is 4. The summed E-state index contributed by atoms with van der Waals surface area (Å²) in [5.74, 6) is 0.785. The summed E-state index contributed by atoms with van der Waals surface area (Å²) in [5.41, 5.74) is 0.641. The first-order valence-corrected chi connectivity index (χ1v) is 13.2. The van der Waals surface area contributed by atoms with Gasteiger partial charge in [0.1, 0.15) is 0 Å². The SMILES string of the molecule is CN1C(C)(C)CC(CCNC(=O)/C=C/C(=O)NCCC2CC(C)(C)N(C)C(C)(C)C2)CC1(C)C. The minimum atomic E-state index is -0.194. The summed E-state index contributed by atoms with van der Waals surface area (Å²) in [6.07, 6.45) is 9.18. The second-order valence-electron chi connectivity index (χ2n) is 13.4. The molecule has 0 saturated carbocycles. The molecule has 0 aromatic carbocycles. The maximum absolute atomic E-state index is 12.2. The lowest BCUT2D eigenvalue weighted by molar-refractivity contribution is -0.118. The van der Waals surface area contributed by atoms with Crippen LogP contribution >= 0.6 is 0 Å². The molecule has 34 heavy (non-hydrogen) atoms. The Bertz CT molecular complexity index is 656. The molecule has 2 amide bonds. The molecule has 2 rings (SSSR count). The molecule has 0 spiro atoms. The molecule has 0 aliphatic carbocycles. The zero-order valence-corrected chi connectivity index (χ0v) is 23.7. The summed E-state index contributed by atoms with van der Waals surface area (Å²) in [7, 11) is 4.42. The molecule has 0 aromatic rings. The maximum atomic E-state index is 12.2. The predicted molar refractivity (Wildman–Crippen MR) is 142 cm³/mol. The smallest absolute Gasteiger partial charge is 0.244 e. The third kappa shape index (κ3) is 7.55. The summed E-state index contributed by atoms with van der Waals surface area (Å²) in [6, 6.07) is 0. The number of piperidine rings is 2. The monoisotopic (exact) mass is 476 g/mol. The first kappa shape index (κ1) is 28.8. The Labute approximate surface area is 209 Å². The van der Waals surface area contributed by atoms with E-state index in [4.69, 9.17) is 0 Å². The van der Waals surface area contributed by atoms with E-state index in [1.54, 1.807) is 0 Å². The second kappa shape index (κ2) is 10.7. The zero-order chi connectivity index (χ0) is 25.9. The second-order valence-corrected chi connectivity index (χ2v) is 13.4. The van der Waals surface area contributed by atoms with Crippen LogP contribution in [0.15, 0.2) is 12.2 Å². The minimum Gasteiger partial charge on any atom is -0.353 e. The van der Waals surface area contributed by atoms with E-state index < -0.39 is 0 Å². The van der Waals surface area contributed by atoms with Gasteiger partial charge in [-0.2, -0.15) is 0 Å². The molecule has 2 aliphatic heterocycles. The van der Waals surface area contributed by atoms with E-state index in [1.165, 1.54) is 12.2 Å². The molecule has 2 saturated heterocycles. The summed E-state index contributed by atoms with van der Waals surface area (Å²) in [5, 5.41) is 5.91. The predicted octanol–water partition coefficient (Wildman–Crippen LogP) is 4.35. The Hall–Kier alpha value is -1.40. The van der Waals surface area contributed by atoms with Crippen molar-refractivity contribution in [2.24, 2.45) is 11.8 Å². The fraction of sp³-hybridized carbons (Fsp3) is 0.857. The van der Waals surface area contributed by atoms with Crippen molar-refractivity contribution >= 4 is 11.8 Å². The molecule has 0 radical (unpaired) electrons. The lowest BCUT2D eigenvalue weighted by atomic mass is 9.73. The Morgan fingerprint density at radius 1 is 0.647 bits per heavy atom. The summed E-state index contributed by atoms with van der Waals surface area (Å²) in [6.45, 7) is 19.7. The van der Waals surface area contributed by atoms with Crippen LogP contribution in [0.3, 0.4) is 0 Å². The molecule has 0 bridgehead atoms. The highest BCUT2D eigenvalue weighted by Crippen LogP contribution is 2.42. The largest absolute Gasteiger partial charge is 0.353 e. The van der Waals surface area contributed by atoms with Crippen molar-refractivity contribution in [3.05, 3.63) is 12.2 Å². The van der Waals surface area contributed by atoms with Crippen LogP contribution in [-0.2, 0) is 9.59 Å². The van der Waals surface area contributed by atoms with Crippen LogP contribution in [0.2, 0.25) is 0 Å². The quantitative estimate of drug-likeness (QED) is 0.511. The molecule has 0 atom stereocenters. The molecule has 196 valence electrons. The number of likely N-dealkylation sites (tertiary alicyclic amines) is 2. The van der Waals surface area contributed by atoms with E-state index in [2.05, 4.69) is 89.9 Å². The van der Waals surface area contributed by atoms with E-state index in [-0.39, 0.29) is 34.0 Å². The molecule has 2 aliphatic rings. The van der Waals surface area contributed by atoms with Crippen LogP contribution in [0.1, 0.15) is 93.9 Å². The van der Waals surface area contributed by atoms with Gasteiger partial charge in [-0.1, -0.05) is 0 Å². The molecule has 6 nitrogen and oxygen atoms in total. The third-order valence-corrected chi connectivity index (χ3v) is 8.87. The average molecular weight is 477 g/mol. The van der Waals surface area contributed by atoms with Crippen molar-refractivity contribution < 1.29 is 9.59 Å². The number of carbonyl (C=O) groups is 2. The molecular formula is C28H52N4O2. The van der Waals surface area contributed by atoms with Gasteiger partial charge in [-0.25, -0.2) is 0 Å². The standard InChI is InChI=1S/C28H52N4O2/c1-25(2)17-21(18-26(3,4)31(25)9)13-15-29-23(33)11-12-24(34)30-16-14-22-19-27(5,6)32(10)28(7,8)20-22/h11-12,21-22H,13-20H2,1-10H3,(H,29,33)(H,30,34)/b12-11+. The van der Waals surface area contributed by atoms with Gasteiger partial charge in [0.05, 0.1) is 0 Å². The number of nitrogens with zero attached hydrogens (tertiary/aromatic N) is 2. The number of nitrogens with one attached hydrogen (secondary N) is 2. The highest BCUT2D eigenvalue weighted by Gasteiger charge is 2.43. The van der Waals surface area contributed by atoms with Crippen LogP contribution in [0.25, 0.3) is 0 Å². The average Bonchev–Trinajstić information content (AvgIpc) is 2.68. The first-order chi connectivity index (χ1) is 15.5. The van der Waals surface area contributed by atoms with Crippen molar-refractivity contribution in [3.63, 3.8) is 0 Å². The van der Waals surface area contributed by atoms with Crippen molar-refractivity contribution in [1.29, 1.82) is 0 Å². The summed E-state index contributed by atoms with van der Waals surface area (Å²) in [4.78, 5) is 29.4. The maximum Gasteiger partial charge on any atom is 0.244 e. The van der Waals surface area contributed by atoms with Gasteiger partial charge >= 0.3 is 0 Å². The van der Waals surface area contributed by atoms with Gasteiger partial charge in [-0.15, -0.1) is 0 Å². The van der Waals surface area contributed by atoms with Crippen LogP contribution in [0.4, 0.5) is 0 Å². The van der Waals surface area contributed by atoms with Gasteiger partial charge in [-0.3, -0.25) is 19.4 Å². The fourth-order valence-corrected chi connectivity index (χ4v) is 6.63. The van der Waals surface area contributed by atoms with Gasteiger partial charge < -0.3 is 10.6 Å². The number of rotatable bonds is 8. The van der Waals surface area contributed by atoms with Gasteiger partial charge in [0, 0.05) is 47.4 Å². The number of carbonyl (C=O) groups excluding carboxylic acids is 2. The van der Waals surface area contributed by atoms with E-state index >= 15 is 0 Å². The zero-order valence-electron chi connectivity index (χ0n) is 23.7. The van der Waals surface area contributed by atoms with Crippen molar-refractivity contribution in [3.8, 4) is 0 Å². The Kier molecular flexibility index (Phi) is 9.07. The normalized spacial score (nSPS) is 25.4. The van der Waals surface area contributed by atoms with Gasteiger partial charge in [0.25, 0.3) is 0 Å². The molecule has 0 unspecified atom stereocenters. The van der Waals surface area contributed by atoms with E-state index in [1.807, 2.05) is 0 Å². The molecule has 2 heterocycles. The van der Waals surface area contributed by atoms with E-state index in [0.29, 0.717) is 24.9 Å². The van der Waals surface area contributed by atoms with E-state index in [0.717, 1.165) is 38.5 Å². The third-order valence-electron chi connectivity index (χ3n) is 8.87. The lowest BCUT2D eigenvalue weighted by Gasteiger charge is -2.54. The van der Waals surface area contributed by atoms with Gasteiger partial charge in [0.2, 0.25) is 11.8 Å². The Morgan fingerprint density at radius 3 is 1.18 bits per heavy atom. The Morgan fingerprint density at radius 2 is 0.912 bits per heavy atom. The van der Waals surface area contributed by atoms with Gasteiger partial charge in [0.15, 0.2) is 0 Å². The van der Waals surface area contributed by atoms with Crippen molar-refractivity contribution in [1.82, 2.24) is 20.4 Å². The molecular weight excluding hydrogens is 424 g/mol. The van der Waals surface area contributed by atoms with Crippen LogP contribution < -0.4 is 10.6 Å². The molecule has 0 aromatic heterocycles.